The van der Waals surface area contributed by atoms with Gasteiger partial charge in [0.1, 0.15) is 0 Å². The third-order valence-electron chi connectivity index (χ3n) is 4.12. The lowest BCUT2D eigenvalue weighted by molar-refractivity contribution is 0.244. The highest BCUT2D eigenvalue weighted by atomic mass is 35.5. The number of rotatable bonds is 4. The van der Waals surface area contributed by atoms with Crippen molar-refractivity contribution in [3.05, 3.63) is 34.9 Å². The van der Waals surface area contributed by atoms with Crippen molar-refractivity contribution in [2.75, 3.05) is 0 Å². The van der Waals surface area contributed by atoms with Crippen molar-refractivity contribution >= 4 is 11.6 Å². The van der Waals surface area contributed by atoms with Crippen LogP contribution in [-0.4, -0.2) is 5.38 Å². The van der Waals surface area contributed by atoms with Gasteiger partial charge in [0.2, 0.25) is 0 Å². The average Bonchev–Trinajstić information content (AvgIpc) is 2.22. The van der Waals surface area contributed by atoms with Crippen LogP contribution < -0.4 is 0 Å². The molecule has 0 nitrogen and oxygen atoms in total. The normalized spacial score (nSPS) is 15.5. The Labute approximate surface area is 118 Å². The van der Waals surface area contributed by atoms with Crippen molar-refractivity contribution in [3.63, 3.8) is 0 Å². The first-order chi connectivity index (χ1) is 8.20. The number of aryl methyl sites for hydroxylation is 2. The van der Waals surface area contributed by atoms with Crippen molar-refractivity contribution in [3.8, 4) is 0 Å². The Balaban J connectivity index is 2.59. The van der Waals surface area contributed by atoms with E-state index in [1.54, 1.807) is 0 Å². The van der Waals surface area contributed by atoms with Crippen molar-refractivity contribution in [1.82, 2.24) is 0 Å². The van der Waals surface area contributed by atoms with Crippen LogP contribution >= 0.6 is 11.6 Å². The molecule has 0 radical (unpaired) electrons. The van der Waals surface area contributed by atoms with Crippen molar-refractivity contribution in [2.24, 2.45) is 11.3 Å². The summed E-state index contributed by atoms with van der Waals surface area (Å²) >= 11 is 6.51. The summed E-state index contributed by atoms with van der Waals surface area (Å²) in [6, 6.07) is 6.67. The van der Waals surface area contributed by atoms with Crippen LogP contribution in [0.2, 0.25) is 0 Å². The summed E-state index contributed by atoms with van der Waals surface area (Å²) in [5.74, 6) is 0.645. The fourth-order valence-electron chi connectivity index (χ4n) is 2.01. The molecule has 1 rings (SSSR count). The van der Waals surface area contributed by atoms with Crippen LogP contribution in [-0.2, 0) is 6.42 Å². The summed E-state index contributed by atoms with van der Waals surface area (Å²) in [5.41, 5.74) is 4.42. The van der Waals surface area contributed by atoms with E-state index in [4.69, 9.17) is 11.6 Å². The Hall–Kier alpha value is -0.490. The van der Waals surface area contributed by atoms with Gasteiger partial charge in [0.25, 0.3) is 0 Å². The van der Waals surface area contributed by atoms with Gasteiger partial charge in [-0.2, -0.15) is 0 Å². The van der Waals surface area contributed by atoms with Crippen LogP contribution in [0.15, 0.2) is 18.2 Å². The molecule has 102 valence electrons. The van der Waals surface area contributed by atoms with Gasteiger partial charge < -0.3 is 0 Å². The smallest absolute Gasteiger partial charge is 0.0379 e. The topological polar surface area (TPSA) is 0 Å². The molecule has 0 spiro atoms. The molecule has 0 aliphatic heterocycles. The van der Waals surface area contributed by atoms with Crippen LogP contribution in [0.4, 0.5) is 0 Å². The zero-order chi connectivity index (χ0) is 13.9. The first kappa shape index (κ1) is 15.6. The summed E-state index contributed by atoms with van der Waals surface area (Å²) in [6.07, 6.45) is 2.06. The molecule has 2 atom stereocenters. The molecular formula is C17H27Cl. The van der Waals surface area contributed by atoms with Gasteiger partial charge in [0, 0.05) is 5.38 Å². The van der Waals surface area contributed by atoms with Crippen molar-refractivity contribution < 1.29 is 0 Å². The van der Waals surface area contributed by atoms with Crippen LogP contribution in [0, 0.1) is 25.2 Å². The van der Waals surface area contributed by atoms with E-state index in [9.17, 15) is 0 Å². The second kappa shape index (κ2) is 6.10. The van der Waals surface area contributed by atoms with E-state index in [-0.39, 0.29) is 5.38 Å². The van der Waals surface area contributed by atoms with E-state index in [1.807, 2.05) is 0 Å². The molecule has 0 N–H and O–H groups in total. The zero-order valence-electron chi connectivity index (χ0n) is 12.7. The minimum Gasteiger partial charge on any atom is -0.123 e. The largest absolute Gasteiger partial charge is 0.123 e. The molecule has 18 heavy (non-hydrogen) atoms. The van der Waals surface area contributed by atoms with Gasteiger partial charge in [-0.1, -0.05) is 45.9 Å². The number of hydrogen-bond acceptors (Lipinski definition) is 0. The van der Waals surface area contributed by atoms with Gasteiger partial charge in [0.05, 0.1) is 0 Å². The summed E-state index contributed by atoms with van der Waals surface area (Å²) in [7, 11) is 0. The SMILES string of the molecule is Cc1ccc(CC(Cl)CC(C)C(C)(C)C)cc1C. The maximum absolute atomic E-state index is 6.51. The van der Waals surface area contributed by atoms with Crippen molar-refractivity contribution in [1.29, 1.82) is 0 Å². The molecule has 1 aromatic carbocycles. The highest BCUT2D eigenvalue weighted by Crippen LogP contribution is 2.31. The first-order valence-electron chi connectivity index (χ1n) is 6.90. The van der Waals surface area contributed by atoms with E-state index in [0.717, 1.165) is 12.8 Å². The zero-order valence-corrected chi connectivity index (χ0v) is 13.4. The van der Waals surface area contributed by atoms with Crippen LogP contribution in [0.5, 0.6) is 0 Å². The van der Waals surface area contributed by atoms with Gasteiger partial charge in [-0.15, -0.1) is 11.6 Å². The summed E-state index contributed by atoms with van der Waals surface area (Å²) < 4.78 is 0. The van der Waals surface area contributed by atoms with E-state index in [0.29, 0.717) is 11.3 Å². The number of alkyl halides is 1. The number of benzene rings is 1. The summed E-state index contributed by atoms with van der Waals surface area (Å²) in [5, 5.41) is 0.237. The van der Waals surface area contributed by atoms with Crippen LogP contribution in [0.1, 0.15) is 50.8 Å². The lowest BCUT2D eigenvalue weighted by atomic mass is 9.79. The van der Waals surface area contributed by atoms with E-state index < -0.39 is 0 Å². The number of hydrogen-bond donors (Lipinski definition) is 0. The fourth-order valence-corrected chi connectivity index (χ4v) is 2.45. The Morgan fingerprint density at radius 2 is 1.72 bits per heavy atom. The highest BCUT2D eigenvalue weighted by Gasteiger charge is 2.22. The third-order valence-corrected chi connectivity index (χ3v) is 4.45. The lowest BCUT2D eigenvalue weighted by Crippen LogP contribution is -2.21. The van der Waals surface area contributed by atoms with E-state index in [1.165, 1.54) is 16.7 Å². The van der Waals surface area contributed by atoms with E-state index >= 15 is 0 Å². The molecule has 0 aliphatic carbocycles. The average molecular weight is 267 g/mol. The molecule has 0 saturated carbocycles. The van der Waals surface area contributed by atoms with Gasteiger partial charge in [-0.25, -0.2) is 0 Å². The molecule has 0 bridgehead atoms. The predicted molar refractivity (Wildman–Crippen MR) is 82.5 cm³/mol. The fraction of sp³-hybridized carbons (Fsp3) is 0.647. The first-order valence-corrected chi connectivity index (χ1v) is 7.34. The van der Waals surface area contributed by atoms with Crippen molar-refractivity contribution in [2.45, 2.75) is 59.8 Å². The molecule has 0 amide bonds. The molecule has 2 unspecified atom stereocenters. The maximum Gasteiger partial charge on any atom is 0.0379 e. The monoisotopic (exact) mass is 266 g/mol. The maximum atomic E-state index is 6.51. The quantitative estimate of drug-likeness (QED) is 0.629. The van der Waals surface area contributed by atoms with Gasteiger partial charge in [-0.3, -0.25) is 0 Å². The Morgan fingerprint density at radius 1 is 1.11 bits per heavy atom. The summed E-state index contributed by atoms with van der Waals surface area (Å²) in [6.45, 7) is 13.5. The Kier molecular flexibility index (Phi) is 5.28. The third kappa shape index (κ3) is 4.65. The minimum absolute atomic E-state index is 0.237. The highest BCUT2D eigenvalue weighted by molar-refractivity contribution is 6.20. The molecular weight excluding hydrogens is 240 g/mol. The second-order valence-electron chi connectivity index (χ2n) is 6.72. The van der Waals surface area contributed by atoms with E-state index in [2.05, 4.69) is 59.7 Å². The molecule has 0 aromatic heterocycles. The van der Waals surface area contributed by atoms with Crippen LogP contribution in [0.25, 0.3) is 0 Å². The molecule has 1 aromatic rings. The molecule has 1 heteroatoms. The van der Waals surface area contributed by atoms with Crippen LogP contribution in [0.3, 0.4) is 0 Å². The standard InChI is InChI=1S/C17H27Cl/c1-12-7-8-15(9-13(12)2)11-16(18)10-14(3)17(4,5)6/h7-9,14,16H,10-11H2,1-6H3. The lowest BCUT2D eigenvalue weighted by Gasteiger charge is -2.29. The molecule has 0 saturated heterocycles. The van der Waals surface area contributed by atoms with Gasteiger partial charge in [-0.05, 0) is 54.7 Å². The van der Waals surface area contributed by atoms with Gasteiger partial charge in [0.15, 0.2) is 0 Å². The number of halogens is 1. The predicted octanol–water partition coefficient (Wildman–Crippen LogP) is 5.53. The minimum atomic E-state index is 0.237. The molecule has 0 heterocycles. The Morgan fingerprint density at radius 3 is 2.22 bits per heavy atom. The Bertz CT molecular complexity index is 387. The second-order valence-corrected chi connectivity index (χ2v) is 7.34. The summed E-state index contributed by atoms with van der Waals surface area (Å²) in [4.78, 5) is 0. The molecule has 0 aliphatic rings. The molecule has 0 fully saturated rings. The van der Waals surface area contributed by atoms with Gasteiger partial charge >= 0.3 is 0 Å².